The van der Waals surface area contributed by atoms with Gasteiger partial charge in [-0.25, -0.2) is 4.79 Å². The summed E-state index contributed by atoms with van der Waals surface area (Å²) in [5.41, 5.74) is 4.37. The molecule has 0 saturated heterocycles. The van der Waals surface area contributed by atoms with Crippen LogP contribution in [0.15, 0.2) is 42.5 Å². The monoisotopic (exact) mass is 325 g/mol. The molecule has 4 nitrogen and oxygen atoms in total. The summed E-state index contributed by atoms with van der Waals surface area (Å²) in [5.74, 6) is 0.591. The Morgan fingerprint density at radius 2 is 1.92 bits per heavy atom. The van der Waals surface area contributed by atoms with Crippen LogP contribution in [-0.4, -0.2) is 20.2 Å². The average molecular weight is 325 g/mol. The Balaban J connectivity index is 1.72. The summed E-state index contributed by atoms with van der Waals surface area (Å²) >= 11 is 0. The number of hydrogen-bond donors (Lipinski definition) is 1. The van der Waals surface area contributed by atoms with Crippen molar-refractivity contribution in [2.45, 2.75) is 31.8 Å². The van der Waals surface area contributed by atoms with E-state index in [0.717, 1.165) is 18.6 Å². The number of benzene rings is 2. The van der Waals surface area contributed by atoms with Crippen LogP contribution in [0.5, 0.6) is 5.75 Å². The van der Waals surface area contributed by atoms with Crippen molar-refractivity contribution in [3.63, 3.8) is 0 Å². The molecule has 2 aromatic carbocycles. The zero-order chi connectivity index (χ0) is 17.1. The first-order chi connectivity index (χ1) is 11.6. The van der Waals surface area contributed by atoms with Gasteiger partial charge in [-0.1, -0.05) is 18.2 Å². The summed E-state index contributed by atoms with van der Waals surface area (Å²) in [4.78, 5) is 11.7. The Kier molecular flexibility index (Phi) is 4.86. The summed E-state index contributed by atoms with van der Waals surface area (Å²) in [6.45, 7) is 2.17. The number of aryl methyl sites for hydroxylation is 1. The zero-order valence-corrected chi connectivity index (χ0v) is 14.3. The van der Waals surface area contributed by atoms with Crippen LogP contribution < -0.4 is 10.1 Å². The van der Waals surface area contributed by atoms with Crippen molar-refractivity contribution in [1.29, 1.82) is 0 Å². The highest BCUT2D eigenvalue weighted by Gasteiger charge is 2.25. The van der Waals surface area contributed by atoms with E-state index in [-0.39, 0.29) is 12.0 Å². The molecule has 0 aromatic heterocycles. The van der Waals surface area contributed by atoms with Gasteiger partial charge >= 0.3 is 5.97 Å². The molecule has 24 heavy (non-hydrogen) atoms. The molecule has 126 valence electrons. The lowest BCUT2D eigenvalue weighted by molar-refractivity contribution is 0.0600. The third kappa shape index (κ3) is 3.29. The van der Waals surface area contributed by atoms with Crippen LogP contribution in [0.1, 0.15) is 52.5 Å². The van der Waals surface area contributed by atoms with Crippen molar-refractivity contribution in [3.05, 3.63) is 64.7 Å². The number of carbonyl (C=O) groups is 1. The summed E-state index contributed by atoms with van der Waals surface area (Å²) in [6, 6.07) is 14.6. The first-order valence-electron chi connectivity index (χ1n) is 8.23. The Morgan fingerprint density at radius 3 is 2.58 bits per heavy atom. The molecule has 2 aromatic rings. The van der Waals surface area contributed by atoms with E-state index in [9.17, 15) is 4.79 Å². The SMILES string of the molecule is COC(=O)c1ccc2c(c1)CC[C@@H]2N[C@@H](C)c1ccc(OC)cc1. The van der Waals surface area contributed by atoms with Crippen molar-refractivity contribution >= 4 is 5.97 Å². The van der Waals surface area contributed by atoms with Crippen molar-refractivity contribution < 1.29 is 14.3 Å². The highest BCUT2D eigenvalue weighted by atomic mass is 16.5. The molecule has 2 atom stereocenters. The number of methoxy groups -OCH3 is 2. The van der Waals surface area contributed by atoms with Gasteiger partial charge in [-0.3, -0.25) is 0 Å². The second-order valence-electron chi connectivity index (χ2n) is 6.16. The lowest BCUT2D eigenvalue weighted by Crippen LogP contribution is -2.23. The van der Waals surface area contributed by atoms with E-state index in [1.165, 1.54) is 23.8 Å². The number of nitrogens with one attached hydrogen (secondary N) is 1. The highest BCUT2D eigenvalue weighted by molar-refractivity contribution is 5.89. The number of hydrogen-bond acceptors (Lipinski definition) is 4. The topological polar surface area (TPSA) is 47.6 Å². The number of ether oxygens (including phenoxy) is 2. The lowest BCUT2D eigenvalue weighted by Gasteiger charge is -2.21. The van der Waals surface area contributed by atoms with Crippen LogP contribution >= 0.6 is 0 Å². The smallest absolute Gasteiger partial charge is 0.337 e. The van der Waals surface area contributed by atoms with Gasteiger partial charge in [0.05, 0.1) is 19.8 Å². The predicted octanol–water partition coefficient (Wildman–Crippen LogP) is 3.82. The van der Waals surface area contributed by atoms with Gasteiger partial charge < -0.3 is 14.8 Å². The second-order valence-corrected chi connectivity index (χ2v) is 6.16. The van der Waals surface area contributed by atoms with Crippen molar-refractivity contribution in [3.8, 4) is 5.75 Å². The van der Waals surface area contributed by atoms with E-state index in [0.29, 0.717) is 11.6 Å². The largest absolute Gasteiger partial charge is 0.497 e. The fourth-order valence-electron chi connectivity index (χ4n) is 3.33. The fraction of sp³-hybridized carbons (Fsp3) is 0.350. The third-order valence-electron chi connectivity index (χ3n) is 4.71. The molecule has 0 spiro atoms. The lowest BCUT2D eigenvalue weighted by atomic mass is 10.0. The van der Waals surface area contributed by atoms with Gasteiger partial charge in [-0.2, -0.15) is 0 Å². The van der Waals surface area contributed by atoms with Crippen LogP contribution in [-0.2, 0) is 11.2 Å². The van der Waals surface area contributed by atoms with E-state index in [4.69, 9.17) is 9.47 Å². The van der Waals surface area contributed by atoms with Gasteiger partial charge in [0, 0.05) is 12.1 Å². The Morgan fingerprint density at radius 1 is 1.17 bits per heavy atom. The highest BCUT2D eigenvalue weighted by Crippen LogP contribution is 2.34. The molecule has 3 rings (SSSR count). The molecular weight excluding hydrogens is 302 g/mol. The Bertz CT molecular complexity index is 724. The van der Waals surface area contributed by atoms with Crippen LogP contribution in [0, 0.1) is 0 Å². The molecule has 0 amide bonds. The molecule has 0 bridgehead atoms. The molecule has 1 aliphatic carbocycles. The molecule has 4 heteroatoms. The first-order valence-corrected chi connectivity index (χ1v) is 8.23. The Hall–Kier alpha value is -2.33. The van der Waals surface area contributed by atoms with Crippen LogP contribution in [0.4, 0.5) is 0 Å². The van der Waals surface area contributed by atoms with Crippen LogP contribution in [0.2, 0.25) is 0 Å². The maximum Gasteiger partial charge on any atom is 0.337 e. The van der Waals surface area contributed by atoms with Gasteiger partial charge in [0.15, 0.2) is 0 Å². The van der Waals surface area contributed by atoms with Gasteiger partial charge in [-0.05, 0) is 60.7 Å². The number of rotatable bonds is 5. The van der Waals surface area contributed by atoms with Gasteiger partial charge in [-0.15, -0.1) is 0 Å². The number of fused-ring (bicyclic) bond motifs is 1. The molecular formula is C20H23NO3. The minimum Gasteiger partial charge on any atom is -0.497 e. The third-order valence-corrected chi connectivity index (χ3v) is 4.71. The van der Waals surface area contributed by atoms with E-state index in [1.54, 1.807) is 7.11 Å². The molecule has 0 heterocycles. The molecule has 0 radical (unpaired) electrons. The number of carbonyl (C=O) groups excluding carboxylic acids is 1. The van der Waals surface area contributed by atoms with Gasteiger partial charge in [0.25, 0.3) is 0 Å². The molecule has 0 saturated carbocycles. The molecule has 1 N–H and O–H groups in total. The summed E-state index contributed by atoms with van der Waals surface area (Å²) in [5, 5.41) is 3.69. The fourth-order valence-corrected chi connectivity index (χ4v) is 3.33. The van der Waals surface area contributed by atoms with Crippen LogP contribution in [0.3, 0.4) is 0 Å². The van der Waals surface area contributed by atoms with Gasteiger partial charge in [0.2, 0.25) is 0 Å². The quantitative estimate of drug-likeness (QED) is 0.849. The minimum absolute atomic E-state index is 0.243. The second kappa shape index (κ2) is 7.05. The average Bonchev–Trinajstić information content (AvgIpc) is 3.03. The van der Waals surface area contributed by atoms with Crippen LogP contribution in [0.25, 0.3) is 0 Å². The standard InChI is InChI=1S/C20H23NO3/c1-13(14-4-8-17(23-2)9-5-14)21-19-11-7-15-12-16(20(22)24-3)6-10-18(15)19/h4-6,8-10,12-13,19,21H,7,11H2,1-3H3/t13-,19-/m0/s1. The van der Waals surface area contributed by atoms with E-state index in [1.807, 2.05) is 30.3 Å². The predicted molar refractivity (Wildman–Crippen MR) is 93.4 cm³/mol. The number of esters is 1. The van der Waals surface area contributed by atoms with Crippen molar-refractivity contribution in [2.24, 2.45) is 0 Å². The summed E-state index contributed by atoms with van der Waals surface area (Å²) in [7, 11) is 3.09. The molecule has 0 aliphatic heterocycles. The van der Waals surface area contributed by atoms with Gasteiger partial charge in [0.1, 0.15) is 5.75 Å². The normalized spacial score (nSPS) is 17.2. The van der Waals surface area contributed by atoms with Crippen molar-refractivity contribution in [1.82, 2.24) is 5.32 Å². The zero-order valence-electron chi connectivity index (χ0n) is 14.3. The first kappa shape index (κ1) is 16.5. The van der Waals surface area contributed by atoms with E-state index in [2.05, 4.69) is 24.4 Å². The maximum absolute atomic E-state index is 11.7. The summed E-state index contributed by atoms with van der Waals surface area (Å²) in [6.07, 6.45) is 2.02. The summed E-state index contributed by atoms with van der Waals surface area (Å²) < 4.78 is 10.0. The van der Waals surface area contributed by atoms with Crippen molar-refractivity contribution in [2.75, 3.05) is 14.2 Å². The Labute approximate surface area is 142 Å². The maximum atomic E-state index is 11.7. The van der Waals surface area contributed by atoms with E-state index >= 15 is 0 Å². The molecule has 0 fully saturated rings. The molecule has 1 aliphatic rings. The minimum atomic E-state index is -0.277. The van der Waals surface area contributed by atoms with E-state index < -0.39 is 0 Å². The molecule has 0 unspecified atom stereocenters.